The topological polar surface area (TPSA) is 79.3 Å². The summed E-state index contributed by atoms with van der Waals surface area (Å²) in [6, 6.07) is 16.7. The highest BCUT2D eigenvalue weighted by Gasteiger charge is 2.35. The van der Waals surface area contributed by atoms with Crippen molar-refractivity contribution < 1.29 is 9.53 Å². The maximum Gasteiger partial charge on any atom is 0.273 e. The van der Waals surface area contributed by atoms with Gasteiger partial charge < -0.3 is 10.5 Å². The van der Waals surface area contributed by atoms with Gasteiger partial charge in [0.25, 0.3) is 5.91 Å². The van der Waals surface area contributed by atoms with E-state index in [9.17, 15) is 4.79 Å². The lowest BCUT2D eigenvalue weighted by Gasteiger charge is -2.33. The zero-order valence-corrected chi connectivity index (χ0v) is 11.9. The molecule has 0 fully saturated rings. The SMILES string of the molecule is N#CCN1C(=O)C(c2ccccc2)Oc2cc(CN)ccc21. The van der Waals surface area contributed by atoms with Gasteiger partial charge in [-0.2, -0.15) is 5.26 Å². The molecule has 1 aliphatic heterocycles. The number of rotatable bonds is 3. The number of hydrogen-bond acceptors (Lipinski definition) is 4. The molecular weight excluding hydrogens is 278 g/mol. The van der Waals surface area contributed by atoms with E-state index in [1.807, 2.05) is 48.5 Å². The third-order valence-electron chi connectivity index (χ3n) is 3.62. The Bertz CT molecular complexity index is 737. The first-order valence-corrected chi connectivity index (χ1v) is 6.97. The summed E-state index contributed by atoms with van der Waals surface area (Å²) in [5.74, 6) is 0.340. The molecule has 2 aromatic rings. The minimum Gasteiger partial charge on any atom is -0.474 e. The lowest BCUT2D eigenvalue weighted by molar-refractivity contribution is -0.126. The monoisotopic (exact) mass is 293 g/mol. The van der Waals surface area contributed by atoms with Gasteiger partial charge in [-0.25, -0.2) is 0 Å². The Morgan fingerprint density at radius 2 is 2.00 bits per heavy atom. The summed E-state index contributed by atoms with van der Waals surface area (Å²) < 4.78 is 5.89. The molecule has 0 aliphatic carbocycles. The van der Waals surface area contributed by atoms with Crippen LogP contribution in [0.5, 0.6) is 5.75 Å². The Balaban J connectivity index is 2.06. The van der Waals surface area contributed by atoms with E-state index >= 15 is 0 Å². The van der Waals surface area contributed by atoms with Crippen LogP contribution in [0.15, 0.2) is 48.5 Å². The fraction of sp³-hybridized carbons (Fsp3) is 0.176. The second-order valence-electron chi connectivity index (χ2n) is 5.00. The summed E-state index contributed by atoms with van der Waals surface area (Å²) in [4.78, 5) is 14.1. The average Bonchev–Trinajstić information content (AvgIpc) is 2.57. The first-order valence-electron chi connectivity index (χ1n) is 6.97. The maximum absolute atomic E-state index is 12.7. The van der Waals surface area contributed by atoms with Crippen LogP contribution >= 0.6 is 0 Å². The number of nitriles is 1. The molecular formula is C17H15N3O2. The molecule has 1 aliphatic rings. The molecule has 0 aromatic heterocycles. The van der Waals surface area contributed by atoms with Crippen molar-refractivity contribution in [2.75, 3.05) is 11.4 Å². The highest BCUT2D eigenvalue weighted by atomic mass is 16.5. The lowest BCUT2D eigenvalue weighted by atomic mass is 10.0. The number of nitrogens with two attached hydrogens (primary N) is 1. The molecule has 110 valence electrons. The number of anilines is 1. The number of hydrogen-bond donors (Lipinski definition) is 1. The highest BCUT2D eigenvalue weighted by molar-refractivity contribution is 6.00. The van der Waals surface area contributed by atoms with Crippen LogP contribution in [0.25, 0.3) is 0 Å². The van der Waals surface area contributed by atoms with E-state index in [2.05, 4.69) is 0 Å². The van der Waals surface area contributed by atoms with E-state index in [1.54, 1.807) is 6.07 Å². The first kappa shape index (κ1) is 14.1. The van der Waals surface area contributed by atoms with E-state index in [-0.39, 0.29) is 12.5 Å². The van der Waals surface area contributed by atoms with Gasteiger partial charge in [0.15, 0.2) is 0 Å². The molecule has 1 heterocycles. The smallest absolute Gasteiger partial charge is 0.273 e. The fourth-order valence-electron chi connectivity index (χ4n) is 2.51. The second kappa shape index (κ2) is 5.88. The molecule has 0 bridgehead atoms. The highest BCUT2D eigenvalue weighted by Crippen LogP contribution is 2.39. The Morgan fingerprint density at radius 3 is 2.68 bits per heavy atom. The standard InChI is InChI=1S/C17H15N3O2/c18-8-9-20-14-7-6-12(11-19)10-15(14)22-16(17(20)21)13-4-2-1-3-5-13/h1-7,10,16H,9,11,19H2. The third-order valence-corrected chi connectivity index (χ3v) is 3.62. The van der Waals surface area contributed by atoms with Crippen molar-refractivity contribution in [2.45, 2.75) is 12.6 Å². The summed E-state index contributed by atoms with van der Waals surface area (Å²) in [5.41, 5.74) is 7.95. The molecule has 1 unspecified atom stereocenters. The van der Waals surface area contributed by atoms with Crippen LogP contribution in [-0.4, -0.2) is 12.5 Å². The predicted octanol–water partition coefficient (Wildman–Crippen LogP) is 2.14. The van der Waals surface area contributed by atoms with Crippen molar-refractivity contribution in [3.63, 3.8) is 0 Å². The van der Waals surface area contributed by atoms with Crippen LogP contribution in [0.2, 0.25) is 0 Å². The van der Waals surface area contributed by atoms with Crippen molar-refractivity contribution in [3.8, 4) is 11.8 Å². The van der Waals surface area contributed by atoms with Crippen molar-refractivity contribution in [2.24, 2.45) is 5.73 Å². The summed E-state index contributed by atoms with van der Waals surface area (Å²) in [6.07, 6.45) is -0.741. The number of amides is 1. The van der Waals surface area contributed by atoms with Crippen LogP contribution in [-0.2, 0) is 11.3 Å². The van der Waals surface area contributed by atoms with Gasteiger partial charge in [0, 0.05) is 12.1 Å². The fourth-order valence-corrected chi connectivity index (χ4v) is 2.51. The van der Waals surface area contributed by atoms with Gasteiger partial charge in [0.05, 0.1) is 11.8 Å². The van der Waals surface area contributed by atoms with Crippen molar-refractivity contribution in [1.29, 1.82) is 5.26 Å². The van der Waals surface area contributed by atoms with Crippen molar-refractivity contribution >= 4 is 11.6 Å². The average molecular weight is 293 g/mol. The second-order valence-corrected chi connectivity index (χ2v) is 5.00. The molecule has 2 N–H and O–H groups in total. The van der Waals surface area contributed by atoms with E-state index < -0.39 is 6.10 Å². The molecule has 3 rings (SSSR count). The van der Waals surface area contributed by atoms with Crippen LogP contribution in [0.4, 0.5) is 5.69 Å². The van der Waals surface area contributed by atoms with Gasteiger partial charge in [-0.05, 0) is 17.7 Å². The molecule has 5 heteroatoms. The van der Waals surface area contributed by atoms with E-state index in [1.165, 1.54) is 4.90 Å². The van der Waals surface area contributed by atoms with Crippen LogP contribution in [0, 0.1) is 11.3 Å². The number of nitrogens with zero attached hydrogens (tertiary/aromatic N) is 2. The Hall–Kier alpha value is -2.84. The quantitative estimate of drug-likeness (QED) is 0.879. The number of carbonyl (C=O) groups is 1. The minimum absolute atomic E-state index is 0.0134. The van der Waals surface area contributed by atoms with Gasteiger partial charge in [-0.1, -0.05) is 36.4 Å². The molecule has 0 radical (unpaired) electrons. The predicted molar refractivity (Wildman–Crippen MR) is 82.1 cm³/mol. The van der Waals surface area contributed by atoms with Crippen LogP contribution in [0.3, 0.4) is 0 Å². The molecule has 0 saturated carbocycles. The molecule has 2 aromatic carbocycles. The van der Waals surface area contributed by atoms with E-state index in [4.69, 9.17) is 15.7 Å². The number of carbonyl (C=O) groups excluding carboxylic acids is 1. The van der Waals surface area contributed by atoms with Gasteiger partial charge >= 0.3 is 0 Å². The zero-order valence-electron chi connectivity index (χ0n) is 11.9. The molecule has 5 nitrogen and oxygen atoms in total. The van der Waals surface area contributed by atoms with Gasteiger partial charge in [-0.15, -0.1) is 0 Å². The number of ether oxygens (including phenoxy) is 1. The number of benzene rings is 2. The van der Waals surface area contributed by atoms with Gasteiger partial charge in [-0.3, -0.25) is 9.69 Å². The maximum atomic E-state index is 12.7. The van der Waals surface area contributed by atoms with Gasteiger partial charge in [0.2, 0.25) is 6.10 Å². The van der Waals surface area contributed by atoms with Crippen LogP contribution in [0.1, 0.15) is 17.2 Å². The van der Waals surface area contributed by atoms with E-state index in [0.717, 1.165) is 11.1 Å². The largest absolute Gasteiger partial charge is 0.474 e. The van der Waals surface area contributed by atoms with Crippen molar-refractivity contribution in [3.05, 3.63) is 59.7 Å². The molecule has 1 amide bonds. The Kier molecular flexibility index (Phi) is 3.77. The van der Waals surface area contributed by atoms with Crippen molar-refractivity contribution in [1.82, 2.24) is 0 Å². The number of fused-ring (bicyclic) bond motifs is 1. The van der Waals surface area contributed by atoms with Crippen LogP contribution < -0.4 is 15.4 Å². The van der Waals surface area contributed by atoms with E-state index in [0.29, 0.717) is 18.0 Å². The lowest BCUT2D eigenvalue weighted by Crippen LogP contribution is -2.41. The van der Waals surface area contributed by atoms with Gasteiger partial charge in [0.1, 0.15) is 12.3 Å². The summed E-state index contributed by atoms with van der Waals surface area (Å²) in [7, 11) is 0. The molecule has 0 saturated heterocycles. The molecule has 0 spiro atoms. The molecule has 1 atom stereocenters. The summed E-state index contributed by atoms with van der Waals surface area (Å²) in [5, 5.41) is 9.01. The summed E-state index contributed by atoms with van der Waals surface area (Å²) in [6.45, 7) is 0.374. The zero-order chi connectivity index (χ0) is 15.5. The Labute approximate surface area is 128 Å². The summed E-state index contributed by atoms with van der Waals surface area (Å²) >= 11 is 0. The normalized spacial score (nSPS) is 16.6. The molecule has 22 heavy (non-hydrogen) atoms. The third kappa shape index (κ3) is 2.41. The first-order chi connectivity index (χ1) is 10.7. The Morgan fingerprint density at radius 1 is 1.23 bits per heavy atom. The minimum atomic E-state index is -0.741.